The first-order chi connectivity index (χ1) is 14.1. The quantitative estimate of drug-likeness (QED) is 0.572. The first-order valence-electron chi connectivity index (χ1n) is 9.11. The molecule has 3 aromatic rings. The van der Waals surface area contributed by atoms with Gasteiger partial charge in [0.05, 0.1) is 26.2 Å². The lowest BCUT2D eigenvalue weighted by molar-refractivity contribution is -0.137. The number of benzene rings is 1. The number of fused-ring (bicyclic) bond motifs is 1. The van der Waals surface area contributed by atoms with Gasteiger partial charge < -0.3 is 9.47 Å². The van der Waals surface area contributed by atoms with E-state index in [-0.39, 0.29) is 24.0 Å². The van der Waals surface area contributed by atoms with Gasteiger partial charge in [-0.25, -0.2) is 4.98 Å². The Labute approximate surface area is 179 Å². The van der Waals surface area contributed by atoms with Gasteiger partial charge >= 0.3 is 6.18 Å². The first kappa shape index (κ1) is 20.8. The normalized spacial score (nSPS) is 16.8. The van der Waals surface area contributed by atoms with Crippen LogP contribution in [-0.4, -0.2) is 36.6 Å². The van der Waals surface area contributed by atoms with Crippen molar-refractivity contribution in [1.29, 1.82) is 0 Å². The zero-order chi connectivity index (χ0) is 21.8. The van der Waals surface area contributed by atoms with Crippen LogP contribution in [0.25, 0.3) is 10.7 Å². The molecule has 0 saturated carbocycles. The van der Waals surface area contributed by atoms with Crippen LogP contribution in [0, 0.1) is 13.8 Å². The van der Waals surface area contributed by atoms with Gasteiger partial charge in [0.25, 0.3) is 5.91 Å². The lowest BCUT2D eigenvalue weighted by Gasteiger charge is -2.34. The van der Waals surface area contributed by atoms with Crippen LogP contribution in [0.1, 0.15) is 39.4 Å². The molecule has 0 radical (unpaired) electrons. The molecule has 0 saturated heterocycles. The molecule has 0 N–H and O–H groups in total. The lowest BCUT2D eigenvalue weighted by atomic mass is 10.1. The molecule has 1 aromatic carbocycles. The number of aryl methyl sites for hydroxylation is 2. The molecule has 11 heteroatoms. The Morgan fingerprint density at radius 3 is 2.57 bits per heavy atom. The summed E-state index contributed by atoms with van der Waals surface area (Å²) >= 11 is 7.49. The van der Waals surface area contributed by atoms with Gasteiger partial charge in [0.15, 0.2) is 5.82 Å². The van der Waals surface area contributed by atoms with Gasteiger partial charge in [0, 0.05) is 19.1 Å². The fraction of sp³-hybridized carbons (Fsp3) is 0.368. The SMILES string of the molecule is Cc1nc(C)c(-c2nnc3n2CC(C)N(Cc2cccc(C(F)(F)F)c2Cl)C3=O)s1. The molecule has 30 heavy (non-hydrogen) atoms. The summed E-state index contributed by atoms with van der Waals surface area (Å²) in [5.74, 6) is 0.321. The third kappa shape index (κ3) is 3.47. The van der Waals surface area contributed by atoms with E-state index in [0.717, 1.165) is 21.6 Å². The molecule has 4 rings (SSSR count). The summed E-state index contributed by atoms with van der Waals surface area (Å²) < 4.78 is 41.2. The molecule has 1 amide bonds. The molecule has 3 heterocycles. The number of nitrogens with zero attached hydrogens (tertiary/aromatic N) is 5. The van der Waals surface area contributed by atoms with Crippen molar-refractivity contribution in [1.82, 2.24) is 24.6 Å². The number of alkyl halides is 3. The van der Waals surface area contributed by atoms with Crippen molar-refractivity contribution < 1.29 is 18.0 Å². The van der Waals surface area contributed by atoms with Crippen molar-refractivity contribution in [3.05, 3.63) is 50.9 Å². The Morgan fingerprint density at radius 1 is 1.23 bits per heavy atom. The molecule has 0 aliphatic carbocycles. The van der Waals surface area contributed by atoms with Crippen molar-refractivity contribution in [2.24, 2.45) is 0 Å². The van der Waals surface area contributed by atoms with Gasteiger partial charge in [0.2, 0.25) is 5.82 Å². The number of hydrogen-bond donors (Lipinski definition) is 0. The maximum Gasteiger partial charge on any atom is 0.417 e. The predicted molar refractivity (Wildman–Crippen MR) is 106 cm³/mol. The van der Waals surface area contributed by atoms with E-state index in [4.69, 9.17) is 11.6 Å². The van der Waals surface area contributed by atoms with Crippen molar-refractivity contribution >= 4 is 28.8 Å². The minimum atomic E-state index is -4.57. The summed E-state index contributed by atoms with van der Waals surface area (Å²) in [6.07, 6.45) is -4.57. The van der Waals surface area contributed by atoms with Gasteiger partial charge in [-0.15, -0.1) is 21.5 Å². The zero-order valence-corrected chi connectivity index (χ0v) is 17.9. The number of amides is 1. The van der Waals surface area contributed by atoms with Gasteiger partial charge in [-0.05, 0) is 32.4 Å². The number of carbonyl (C=O) groups is 1. The van der Waals surface area contributed by atoms with Crippen molar-refractivity contribution in [2.45, 2.75) is 46.1 Å². The molecule has 6 nitrogen and oxygen atoms in total. The van der Waals surface area contributed by atoms with Crippen LogP contribution in [-0.2, 0) is 19.3 Å². The molecule has 0 spiro atoms. The number of aromatic nitrogens is 4. The van der Waals surface area contributed by atoms with Gasteiger partial charge in [-0.2, -0.15) is 13.2 Å². The molecule has 158 valence electrons. The molecule has 2 aromatic heterocycles. The molecule has 1 unspecified atom stereocenters. The van der Waals surface area contributed by atoms with Crippen molar-refractivity contribution in [3.8, 4) is 10.7 Å². The Bertz CT molecular complexity index is 1140. The second-order valence-corrected chi connectivity index (χ2v) is 8.74. The minimum absolute atomic E-state index is 0.0519. The summed E-state index contributed by atoms with van der Waals surface area (Å²) in [6.45, 7) is 5.95. The van der Waals surface area contributed by atoms with E-state index in [0.29, 0.717) is 12.4 Å². The molecule has 0 bridgehead atoms. The van der Waals surface area contributed by atoms with E-state index in [9.17, 15) is 18.0 Å². The monoisotopic (exact) mass is 455 g/mol. The van der Waals surface area contributed by atoms with Crippen LogP contribution in [0.5, 0.6) is 0 Å². The van der Waals surface area contributed by atoms with E-state index in [1.54, 1.807) is 4.57 Å². The van der Waals surface area contributed by atoms with E-state index in [1.165, 1.54) is 28.4 Å². The van der Waals surface area contributed by atoms with Crippen LogP contribution in [0.15, 0.2) is 18.2 Å². The predicted octanol–water partition coefficient (Wildman–Crippen LogP) is 4.74. The highest BCUT2D eigenvalue weighted by atomic mass is 35.5. The highest BCUT2D eigenvalue weighted by molar-refractivity contribution is 7.15. The molecular formula is C19H17ClF3N5OS. The van der Waals surface area contributed by atoms with Gasteiger partial charge in [0.1, 0.15) is 0 Å². The second-order valence-electron chi connectivity index (χ2n) is 7.16. The highest BCUT2D eigenvalue weighted by Gasteiger charge is 2.37. The largest absolute Gasteiger partial charge is 0.417 e. The highest BCUT2D eigenvalue weighted by Crippen LogP contribution is 2.37. The van der Waals surface area contributed by atoms with Crippen LogP contribution in [0.2, 0.25) is 5.02 Å². The topological polar surface area (TPSA) is 63.9 Å². The molecule has 1 atom stereocenters. The smallest absolute Gasteiger partial charge is 0.327 e. The van der Waals surface area contributed by atoms with Crippen LogP contribution in [0.3, 0.4) is 0 Å². The average molecular weight is 456 g/mol. The zero-order valence-electron chi connectivity index (χ0n) is 16.3. The fourth-order valence-corrected chi connectivity index (χ4v) is 4.77. The Morgan fingerprint density at radius 2 is 1.93 bits per heavy atom. The second kappa shape index (κ2) is 7.35. The summed E-state index contributed by atoms with van der Waals surface area (Å²) in [7, 11) is 0. The van der Waals surface area contributed by atoms with Crippen LogP contribution < -0.4 is 0 Å². The standard InChI is InChI=1S/C19H17ClF3N5OS/c1-9-7-28-16(15-10(2)24-11(3)30-15)25-26-17(28)18(29)27(9)8-12-5-4-6-13(14(12)20)19(21,22)23/h4-6,9H,7-8H2,1-3H3. The van der Waals surface area contributed by atoms with E-state index in [2.05, 4.69) is 15.2 Å². The summed E-state index contributed by atoms with van der Waals surface area (Å²) in [4.78, 5) is 19.8. The van der Waals surface area contributed by atoms with E-state index in [1.807, 2.05) is 20.8 Å². The lowest BCUT2D eigenvalue weighted by Crippen LogP contribution is -2.46. The van der Waals surface area contributed by atoms with Crippen LogP contribution >= 0.6 is 22.9 Å². The summed E-state index contributed by atoms with van der Waals surface area (Å²) in [6, 6.07) is 3.42. The molecular weight excluding hydrogens is 439 g/mol. The van der Waals surface area contributed by atoms with Crippen molar-refractivity contribution in [3.63, 3.8) is 0 Å². The minimum Gasteiger partial charge on any atom is -0.327 e. The Balaban J connectivity index is 1.67. The summed E-state index contributed by atoms with van der Waals surface area (Å²) in [5, 5.41) is 8.74. The third-order valence-electron chi connectivity index (χ3n) is 5.01. The van der Waals surface area contributed by atoms with Crippen LogP contribution in [0.4, 0.5) is 13.2 Å². The van der Waals surface area contributed by atoms with Crippen molar-refractivity contribution in [2.75, 3.05) is 0 Å². The van der Waals surface area contributed by atoms with E-state index < -0.39 is 22.7 Å². The number of thiazole rings is 1. The average Bonchev–Trinajstić information content (AvgIpc) is 3.21. The Kier molecular flexibility index (Phi) is 5.09. The molecule has 0 fully saturated rings. The first-order valence-corrected chi connectivity index (χ1v) is 10.3. The van der Waals surface area contributed by atoms with Gasteiger partial charge in [-0.1, -0.05) is 23.7 Å². The number of halogens is 4. The van der Waals surface area contributed by atoms with Gasteiger partial charge in [-0.3, -0.25) is 4.79 Å². The molecule has 1 aliphatic rings. The molecule has 1 aliphatic heterocycles. The Hall–Kier alpha value is -2.46. The maximum atomic E-state index is 13.2. The summed E-state index contributed by atoms with van der Waals surface area (Å²) in [5.41, 5.74) is 0.125. The third-order valence-corrected chi connectivity index (χ3v) is 6.53. The van der Waals surface area contributed by atoms with E-state index >= 15 is 0 Å². The maximum absolute atomic E-state index is 13.2. The number of carbonyl (C=O) groups excluding carboxylic acids is 1. The fourth-order valence-electron chi connectivity index (χ4n) is 3.56. The number of hydrogen-bond acceptors (Lipinski definition) is 5. The number of rotatable bonds is 3.